The molecule has 196 valence electrons. The van der Waals surface area contributed by atoms with Gasteiger partial charge in [0.15, 0.2) is 0 Å². The number of aromatic nitrogens is 4. The van der Waals surface area contributed by atoms with Gasteiger partial charge >= 0.3 is 0 Å². The summed E-state index contributed by atoms with van der Waals surface area (Å²) in [7, 11) is 0. The van der Waals surface area contributed by atoms with E-state index in [0.29, 0.717) is 5.95 Å². The fraction of sp³-hybridized carbons (Fsp3) is 0.379. The molecule has 0 spiro atoms. The Morgan fingerprint density at radius 3 is 2.08 bits per heavy atom. The van der Waals surface area contributed by atoms with Crippen LogP contribution in [-0.2, 0) is 6.54 Å². The monoisotopic (exact) mass is 528 g/mol. The number of halogens is 1. The lowest BCUT2D eigenvalue weighted by atomic mass is 10.1. The van der Waals surface area contributed by atoms with Gasteiger partial charge in [0, 0.05) is 60.4 Å². The minimum absolute atomic E-state index is 0.488. The molecule has 9 heteroatoms. The van der Waals surface area contributed by atoms with Crippen molar-refractivity contribution in [3.05, 3.63) is 70.9 Å². The number of rotatable bonds is 7. The van der Waals surface area contributed by atoms with Crippen LogP contribution in [0, 0.1) is 0 Å². The number of anilines is 3. The Bertz CT molecular complexity index is 1370. The van der Waals surface area contributed by atoms with Crippen LogP contribution in [0.3, 0.4) is 0 Å². The van der Waals surface area contributed by atoms with Crippen LogP contribution in [0.4, 0.5) is 17.8 Å². The standard InChI is InChI=1S/C29H33ClN8/c30-24-13-11-22(12-14-24)20-38-21-23(25-9-3-4-10-26(25)38)19-31-35-27-32-28(36-15-5-1-6-16-36)34-29(33-27)37-17-7-2-8-18-37/h3-4,9-14,19,21H,1-2,5-8,15-18,20H2,(H,32,33,34,35). The zero-order valence-electron chi connectivity index (χ0n) is 21.6. The second-order valence-corrected chi connectivity index (χ2v) is 10.5. The summed E-state index contributed by atoms with van der Waals surface area (Å²) in [4.78, 5) is 18.9. The summed E-state index contributed by atoms with van der Waals surface area (Å²) < 4.78 is 2.24. The fourth-order valence-corrected chi connectivity index (χ4v) is 5.46. The van der Waals surface area contributed by atoms with Crippen molar-refractivity contribution in [2.75, 3.05) is 41.4 Å². The smallest absolute Gasteiger partial charge is 0.250 e. The number of benzene rings is 2. The number of nitrogens with zero attached hydrogens (tertiary/aromatic N) is 7. The van der Waals surface area contributed by atoms with Crippen molar-refractivity contribution in [3.8, 4) is 0 Å². The summed E-state index contributed by atoms with van der Waals surface area (Å²) >= 11 is 6.08. The molecule has 4 aromatic rings. The molecule has 2 fully saturated rings. The van der Waals surface area contributed by atoms with Crippen molar-refractivity contribution >= 4 is 46.6 Å². The minimum atomic E-state index is 0.488. The lowest BCUT2D eigenvalue weighted by Gasteiger charge is -2.30. The maximum Gasteiger partial charge on any atom is 0.250 e. The Kier molecular flexibility index (Phi) is 7.40. The first kappa shape index (κ1) is 24.7. The molecule has 0 bridgehead atoms. The molecule has 0 saturated carbocycles. The third-order valence-corrected chi connectivity index (χ3v) is 7.60. The largest absolute Gasteiger partial charge is 0.342 e. The van der Waals surface area contributed by atoms with Gasteiger partial charge in [0.1, 0.15) is 0 Å². The summed E-state index contributed by atoms with van der Waals surface area (Å²) in [5.41, 5.74) is 6.49. The van der Waals surface area contributed by atoms with Gasteiger partial charge in [-0.1, -0.05) is 41.9 Å². The molecule has 4 heterocycles. The van der Waals surface area contributed by atoms with E-state index in [1.165, 1.54) is 44.1 Å². The molecule has 1 N–H and O–H groups in total. The van der Waals surface area contributed by atoms with E-state index in [1.807, 2.05) is 18.3 Å². The minimum Gasteiger partial charge on any atom is -0.342 e. The summed E-state index contributed by atoms with van der Waals surface area (Å²) in [6.07, 6.45) is 11.2. The topological polar surface area (TPSA) is 74.5 Å². The molecule has 0 aliphatic carbocycles. The number of nitrogens with one attached hydrogen (secondary N) is 1. The van der Waals surface area contributed by atoms with E-state index < -0.39 is 0 Å². The molecule has 0 amide bonds. The fourth-order valence-electron chi connectivity index (χ4n) is 5.33. The van der Waals surface area contributed by atoms with Gasteiger partial charge in [-0.2, -0.15) is 20.1 Å². The predicted molar refractivity (Wildman–Crippen MR) is 156 cm³/mol. The number of piperidine rings is 2. The lowest BCUT2D eigenvalue weighted by molar-refractivity contribution is 0.556. The van der Waals surface area contributed by atoms with E-state index in [0.717, 1.165) is 66.1 Å². The summed E-state index contributed by atoms with van der Waals surface area (Å²) in [5, 5.41) is 6.46. The highest BCUT2D eigenvalue weighted by Crippen LogP contribution is 2.24. The van der Waals surface area contributed by atoms with Crippen LogP contribution in [0.15, 0.2) is 59.8 Å². The Morgan fingerprint density at radius 1 is 0.789 bits per heavy atom. The molecule has 2 aromatic carbocycles. The van der Waals surface area contributed by atoms with Gasteiger partial charge in [-0.25, -0.2) is 5.43 Å². The van der Waals surface area contributed by atoms with Crippen molar-refractivity contribution in [3.63, 3.8) is 0 Å². The molecule has 2 saturated heterocycles. The molecule has 2 aromatic heterocycles. The van der Waals surface area contributed by atoms with Gasteiger partial charge in [-0.3, -0.25) is 0 Å². The second kappa shape index (κ2) is 11.4. The Morgan fingerprint density at radius 2 is 1.42 bits per heavy atom. The molecule has 38 heavy (non-hydrogen) atoms. The van der Waals surface area contributed by atoms with E-state index in [1.54, 1.807) is 0 Å². The Labute approximate surface area is 228 Å². The van der Waals surface area contributed by atoms with Gasteiger partial charge in [0.05, 0.1) is 6.21 Å². The van der Waals surface area contributed by atoms with Crippen molar-refractivity contribution in [2.24, 2.45) is 5.10 Å². The predicted octanol–water partition coefficient (Wildman–Crippen LogP) is 5.95. The molecule has 2 aliphatic heterocycles. The van der Waals surface area contributed by atoms with Gasteiger partial charge in [-0.05, 0) is 62.3 Å². The van der Waals surface area contributed by atoms with E-state index in [4.69, 9.17) is 26.6 Å². The van der Waals surface area contributed by atoms with Gasteiger partial charge in [0.2, 0.25) is 17.8 Å². The SMILES string of the molecule is Clc1ccc(Cn2cc(C=NNc3nc(N4CCCCC4)nc(N4CCCCC4)n3)c3ccccc32)cc1. The van der Waals surface area contributed by atoms with Crippen LogP contribution in [0.5, 0.6) is 0 Å². The Hall–Kier alpha value is -3.65. The quantitative estimate of drug-likeness (QED) is 0.236. The average molecular weight is 529 g/mol. The number of fused-ring (bicyclic) bond motifs is 1. The third kappa shape index (κ3) is 5.60. The van der Waals surface area contributed by atoms with Crippen molar-refractivity contribution in [1.29, 1.82) is 0 Å². The molecule has 8 nitrogen and oxygen atoms in total. The van der Waals surface area contributed by atoms with Gasteiger partial charge in [0.25, 0.3) is 0 Å². The zero-order valence-corrected chi connectivity index (χ0v) is 22.3. The highest BCUT2D eigenvalue weighted by molar-refractivity contribution is 6.30. The number of para-hydroxylation sites is 1. The zero-order chi connectivity index (χ0) is 25.7. The van der Waals surface area contributed by atoms with Gasteiger partial charge < -0.3 is 14.4 Å². The van der Waals surface area contributed by atoms with Crippen molar-refractivity contribution < 1.29 is 0 Å². The summed E-state index contributed by atoms with van der Waals surface area (Å²) in [5.74, 6) is 1.98. The molecule has 0 unspecified atom stereocenters. The van der Waals surface area contributed by atoms with E-state index in [-0.39, 0.29) is 0 Å². The summed E-state index contributed by atoms with van der Waals surface area (Å²) in [6.45, 7) is 4.70. The molecular formula is C29H33ClN8. The van der Waals surface area contributed by atoms with Crippen LogP contribution < -0.4 is 15.2 Å². The maximum atomic E-state index is 6.08. The normalized spacial score (nSPS) is 16.4. The number of hydrogen-bond acceptors (Lipinski definition) is 7. The highest BCUT2D eigenvalue weighted by Gasteiger charge is 2.20. The van der Waals surface area contributed by atoms with Crippen LogP contribution in [-0.4, -0.2) is 51.9 Å². The number of hydrogen-bond donors (Lipinski definition) is 1. The van der Waals surface area contributed by atoms with Crippen LogP contribution >= 0.6 is 11.6 Å². The maximum absolute atomic E-state index is 6.08. The first-order chi connectivity index (χ1) is 18.7. The van der Waals surface area contributed by atoms with Crippen molar-refractivity contribution in [1.82, 2.24) is 19.5 Å². The molecule has 0 atom stereocenters. The average Bonchev–Trinajstić information content (AvgIpc) is 3.32. The van der Waals surface area contributed by atoms with Gasteiger partial charge in [-0.15, -0.1) is 0 Å². The molecule has 6 rings (SSSR count). The van der Waals surface area contributed by atoms with E-state index in [2.05, 4.69) is 67.5 Å². The first-order valence-corrected chi connectivity index (χ1v) is 14.0. The molecule has 0 radical (unpaired) electrons. The van der Waals surface area contributed by atoms with Crippen LogP contribution in [0.2, 0.25) is 5.02 Å². The molecular weight excluding hydrogens is 496 g/mol. The van der Waals surface area contributed by atoms with Crippen molar-refractivity contribution in [2.45, 2.75) is 45.1 Å². The third-order valence-electron chi connectivity index (χ3n) is 7.34. The first-order valence-electron chi connectivity index (χ1n) is 13.6. The highest BCUT2D eigenvalue weighted by atomic mass is 35.5. The summed E-state index contributed by atoms with van der Waals surface area (Å²) in [6, 6.07) is 16.4. The number of hydrazone groups is 1. The van der Waals surface area contributed by atoms with Crippen LogP contribution in [0.25, 0.3) is 10.9 Å². The van der Waals surface area contributed by atoms with Crippen LogP contribution in [0.1, 0.15) is 49.7 Å². The molecule has 2 aliphatic rings. The van der Waals surface area contributed by atoms with E-state index in [9.17, 15) is 0 Å². The van der Waals surface area contributed by atoms with E-state index >= 15 is 0 Å². The lowest BCUT2D eigenvalue weighted by Crippen LogP contribution is -2.34. The second-order valence-electron chi connectivity index (χ2n) is 10.1. The Balaban J connectivity index is 1.25.